The number of H-pyrrole nitrogens is 1. The molecule has 6 nitrogen and oxygen atoms in total. The molecule has 0 aliphatic carbocycles. The number of nitrogens with one attached hydrogen (secondary N) is 2. The first-order chi connectivity index (χ1) is 13.5. The molecule has 0 bridgehead atoms. The van der Waals surface area contributed by atoms with Crippen LogP contribution in [-0.4, -0.2) is 45.3 Å². The first kappa shape index (κ1) is 18.6. The maximum atomic E-state index is 4.94. The third kappa shape index (κ3) is 3.63. The number of benzene rings is 1. The molecule has 0 saturated carbocycles. The number of fused-ring (bicyclic) bond motifs is 1. The van der Waals surface area contributed by atoms with E-state index in [1.54, 1.807) is 0 Å². The van der Waals surface area contributed by atoms with E-state index in [0.29, 0.717) is 12.5 Å². The summed E-state index contributed by atoms with van der Waals surface area (Å²) in [7, 11) is 1.98. The molecule has 3 heterocycles. The molecule has 1 aliphatic rings. The quantitative estimate of drug-likeness (QED) is 0.540. The standard InChI is InChI=1S/C22H30N6/c1-5-23-22(28-9-8-18(14-28)19-12-25-27(4)13-19)24-11-17-6-7-21-20(10-17)15(2)16(3)26-21/h6-7,10,12-13,18,26H,5,8-9,11,14H2,1-4H3,(H,23,24). The van der Waals surface area contributed by atoms with Gasteiger partial charge in [0.1, 0.15) is 0 Å². The zero-order chi connectivity index (χ0) is 19.7. The van der Waals surface area contributed by atoms with Crippen LogP contribution in [0.2, 0.25) is 0 Å². The molecular formula is C22H30N6. The fraction of sp³-hybridized carbons (Fsp3) is 0.455. The summed E-state index contributed by atoms with van der Waals surface area (Å²) in [6, 6.07) is 6.61. The van der Waals surface area contributed by atoms with E-state index in [1.165, 1.54) is 33.3 Å². The van der Waals surface area contributed by atoms with Crippen molar-refractivity contribution in [1.82, 2.24) is 25.0 Å². The number of rotatable bonds is 4. The minimum Gasteiger partial charge on any atom is -0.358 e. The SMILES string of the molecule is CCNC(=NCc1ccc2[nH]c(C)c(C)c2c1)N1CCC(c2cnn(C)c2)C1. The van der Waals surface area contributed by atoms with Gasteiger partial charge in [-0.3, -0.25) is 4.68 Å². The monoisotopic (exact) mass is 378 g/mol. The van der Waals surface area contributed by atoms with Crippen molar-refractivity contribution in [2.24, 2.45) is 12.0 Å². The highest BCUT2D eigenvalue weighted by molar-refractivity contribution is 5.85. The predicted octanol–water partition coefficient (Wildman–Crippen LogP) is 3.47. The summed E-state index contributed by atoms with van der Waals surface area (Å²) in [4.78, 5) is 10.8. The van der Waals surface area contributed by atoms with Crippen LogP contribution in [0, 0.1) is 13.8 Å². The van der Waals surface area contributed by atoms with Crippen LogP contribution >= 0.6 is 0 Å². The largest absolute Gasteiger partial charge is 0.358 e. The molecular weight excluding hydrogens is 348 g/mol. The number of aromatic amines is 1. The zero-order valence-electron chi connectivity index (χ0n) is 17.3. The number of nitrogens with zero attached hydrogens (tertiary/aromatic N) is 4. The molecule has 1 aromatic carbocycles. The van der Waals surface area contributed by atoms with E-state index in [2.05, 4.69) is 65.5 Å². The Morgan fingerprint density at radius 1 is 1.36 bits per heavy atom. The van der Waals surface area contributed by atoms with Crippen LogP contribution in [0.5, 0.6) is 0 Å². The van der Waals surface area contributed by atoms with Gasteiger partial charge in [-0.05, 0) is 56.0 Å². The van der Waals surface area contributed by atoms with E-state index < -0.39 is 0 Å². The van der Waals surface area contributed by atoms with Crippen LogP contribution in [0.3, 0.4) is 0 Å². The minimum absolute atomic E-state index is 0.527. The summed E-state index contributed by atoms with van der Waals surface area (Å²) in [6.07, 6.45) is 5.27. The van der Waals surface area contributed by atoms with Crippen molar-refractivity contribution in [3.8, 4) is 0 Å². The molecule has 1 aliphatic heterocycles. The molecule has 0 spiro atoms. The maximum Gasteiger partial charge on any atom is 0.194 e. The Kier molecular flexibility index (Phi) is 5.11. The fourth-order valence-electron chi connectivity index (χ4n) is 4.07. The molecule has 4 rings (SSSR count). The van der Waals surface area contributed by atoms with E-state index in [0.717, 1.165) is 32.0 Å². The average Bonchev–Trinajstić information content (AvgIpc) is 3.39. The van der Waals surface area contributed by atoms with E-state index in [9.17, 15) is 0 Å². The van der Waals surface area contributed by atoms with Gasteiger partial charge in [0.25, 0.3) is 0 Å². The molecule has 6 heteroatoms. The summed E-state index contributed by atoms with van der Waals surface area (Å²) >= 11 is 0. The Morgan fingerprint density at radius 3 is 2.96 bits per heavy atom. The van der Waals surface area contributed by atoms with Crippen LogP contribution in [0.15, 0.2) is 35.6 Å². The Labute approximate surface area is 166 Å². The second-order valence-electron chi connectivity index (χ2n) is 7.80. The molecule has 1 saturated heterocycles. The summed E-state index contributed by atoms with van der Waals surface area (Å²) in [5.41, 5.74) is 6.33. The van der Waals surface area contributed by atoms with Crippen molar-refractivity contribution in [3.05, 3.63) is 53.0 Å². The van der Waals surface area contributed by atoms with Crippen LogP contribution in [0.25, 0.3) is 10.9 Å². The van der Waals surface area contributed by atoms with Crippen LogP contribution < -0.4 is 5.32 Å². The Morgan fingerprint density at radius 2 is 2.21 bits per heavy atom. The highest BCUT2D eigenvalue weighted by atomic mass is 15.3. The lowest BCUT2D eigenvalue weighted by Crippen LogP contribution is -2.40. The fourth-order valence-corrected chi connectivity index (χ4v) is 4.07. The number of hydrogen-bond donors (Lipinski definition) is 2. The molecule has 2 aromatic heterocycles. The van der Waals surface area contributed by atoms with Crippen LogP contribution in [-0.2, 0) is 13.6 Å². The smallest absolute Gasteiger partial charge is 0.194 e. The number of aliphatic imine (C=N–C) groups is 1. The second kappa shape index (κ2) is 7.70. The number of guanidine groups is 1. The van der Waals surface area contributed by atoms with Crippen molar-refractivity contribution in [1.29, 1.82) is 0 Å². The number of aromatic nitrogens is 3. The van der Waals surface area contributed by atoms with Gasteiger partial charge in [0.15, 0.2) is 5.96 Å². The van der Waals surface area contributed by atoms with Gasteiger partial charge in [0, 0.05) is 55.4 Å². The van der Waals surface area contributed by atoms with Gasteiger partial charge in [-0.25, -0.2) is 4.99 Å². The Balaban J connectivity index is 1.50. The number of hydrogen-bond acceptors (Lipinski definition) is 2. The third-order valence-electron chi connectivity index (χ3n) is 5.80. The van der Waals surface area contributed by atoms with Gasteiger partial charge < -0.3 is 15.2 Å². The molecule has 2 N–H and O–H groups in total. The minimum atomic E-state index is 0.527. The topological polar surface area (TPSA) is 61.2 Å². The van der Waals surface area contributed by atoms with Crippen LogP contribution in [0.4, 0.5) is 0 Å². The molecule has 1 atom stereocenters. The Hall–Kier alpha value is -2.76. The lowest BCUT2D eigenvalue weighted by atomic mass is 10.0. The maximum absolute atomic E-state index is 4.94. The first-order valence-electron chi connectivity index (χ1n) is 10.1. The normalized spacial score (nSPS) is 17.6. The van der Waals surface area contributed by atoms with Crippen molar-refractivity contribution in [2.45, 2.75) is 39.7 Å². The van der Waals surface area contributed by atoms with Gasteiger partial charge in [-0.1, -0.05) is 6.07 Å². The lowest BCUT2D eigenvalue weighted by Gasteiger charge is -2.21. The summed E-state index contributed by atoms with van der Waals surface area (Å²) in [5.74, 6) is 1.54. The van der Waals surface area contributed by atoms with E-state index in [1.807, 2.05) is 17.9 Å². The summed E-state index contributed by atoms with van der Waals surface area (Å²) in [6.45, 7) is 10.0. The second-order valence-corrected chi connectivity index (χ2v) is 7.80. The lowest BCUT2D eigenvalue weighted by molar-refractivity contribution is 0.486. The summed E-state index contributed by atoms with van der Waals surface area (Å²) in [5, 5.41) is 9.10. The molecule has 0 amide bonds. The zero-order valence-corrected chi connectivity index (χ0v) is 17.3. The van der Waals surface area contributed by atoms with Gasteiger partial charge in [0.05, 0.1) is 12.7 Å². The van der Waals surface area contributed by atoms with Crippen molar-refractivity contribution in [3.63, 3.8) is 0 Å². The highest BCUT2D eigenvalue weighted by Crippen LogP contribution is 2.27. The molecule has 148 valence electrons. The molecule has 1 unspecified atom stereocenters. The molecule has 3 aromatic rings. The number of aryl methyl sites for hydroxylation is 3. The van der Waals surface area contributed by atoms with Crippen LogP contribution in [0.1, 0.15) is 41.6 Å². The van der Waals surface area contributed by atoms with Gasteiger partial charge in [-0.15, -0.1) is 0 Å². The van der Waals surface area contributed by atoms with Gasteiger partial charge >= 0.3 is 0 Å². The third-order valence-corrected chi connectivity index (χ3v) is 5.80. The first-order valence-corrected chi connectivity index (χ1v) is 10.1. The molecule has 28 heavy (non-hydrogen) atoms. The van der Waals surface area contributed by atoms with Crippen molar-refractivity contribution < 1.29 is 0 Å². The molecule has 1 fully saturated rings. The Bertz CT molecular complexity index is 996. The van der Waals surface area contributed by atoms with Crippen molar-refractivity contribution in [2.75, 3.05) is 19.6 Å². The molecule has 0 radical (unpaired) electrons. The van der Waals surface area contributed by atoms with E-state index in [4.69, 9.17) is 4.99 Å². The van der Waals surface area contributed by atoms with Crippen molar-refractivity contribution >= 4 is 16.9 Å². The number of likely N-dealkylation sites (tertiary alicyclic amines) is 1. The summed E-state index contributed by atoms with van der Waals surface area (Å²) < 4.78 is 1.89. The predicted molar refractivity (Wildman–Crippen MR) is 115 cm³/mol. The van der Waals surface area contributed by atoms with E-state index in [-0.39, 0.29) is 0 Å². The highest BCUT2D eigenvalue weighted by Gasteiger charge is 2.26. The van der Waals surface area contributed by atoms with Gasteiger partial charge in [-0.2, -0.15) is 5.10 Å². The van der Waals surface area contributed by atoms with Gasteiger partial charge in [0.2, 0.25) is 0 Å². The van der Waals surface area contributed by atoms with E-state index >= 15 is 0 Å². The average molecular weight is 379 g/mol.